The van der Waals surface area contributed by atoms with Gasteiger partial charge in [-0.15, -0.1) is 0 Å². The minimum absolute atomic E-state index is 0.0351. The number of carbonyl (C=O) groups excluding carboxylic acids is 1. The van der Waals surface area contributed by atoms with Crippen molar-refractivity contribution >= 4 is 32.6 Å². The van der Waals surface area contributed by atoms with Crippen LogP contribution in [0.25, 0.3) is 10.8 Å². The Morgan fingerprint density at radius 3 is 2.57 bits per heavy atom. The van der Waals surface area contributed by atoms with Gasteiger partial charge in [0.05, 0.1) is 0 Å². The summed E-state index contributed by atoms with van der Waals surface area (Å²) in [7, 11) is 0. The van der Waals surface area contributed by atoms with E-state index in [2.05, 4.69) is 34.2 Å². The predicted molar refractivity (Wildman–Crippen MR) is 90.6 cm³/mol. The minimum atomic E-state index is 0.0351. The molecule has 0 heterocycles. The van der Waals surface area contributed by atoms with E-state index in [0.717, 1.165) is 27.4 Å². The molecule has 2 nitrogen and oxygen atoms in total. The van der Waals surface area contributed by atoms with Gasteiger partial charge in [-0.05, 0) is 53.3 Å². The average molecular weight is 346 g/mol. The molecule has 2 aromatic carbocycles. The first-order valence-electron chi connectivity index (χ1n) is 7.53. The Bertz CT molecular complexity index is 674. The highest BCUT2D eigenvalue weighted by molar-refractivity contribution is 9.10. The zero-order valence-corrected chi connectivity index (χ0v) is 13.9. The zero-order chi connectivity index (χ0) is 14.9. The SMILES string of the molecule is CC1(CNC(=O)c2ccc3cc(Br)ccc3c2)CCCC1. The van der Waals surface area contributed by atoms with Crippen LogP contribution in [0.1, 0.15) is 43.0 Å². The van der Waals surface area contributed by atoms with Crippen LogP contribution in [-0.4, -0.2) is 12.5 Å². The molecule has 0 saturated heterocycles. The molecule has 0 radical (unpaired) electrons. The van der Waals surface area contributed by atoms with E-state index >= 15 is 0 Å². The third kappa shape index (κ3) is 3.29. The van der Waals surface area contributed by atoms with Crippen molar-refractivity contribution in [2.45, 2.75) is 32.6 Å². The Morgan fingerprint density at radius 1 is 1.14 bits per heavy atom. The zero-order valence-electron chi connectivity index (χ0n) is 12.3. The second-order valence-corrected chi connectivity index (χ2v) is 7.32. The Morgan fingerprint density at radius 2 is 1.81 bits per heavy atom. The van der Waals surface area contributed by atoms with Gasteiger partial charge < -0.3 is 5.32 Å². The topological polar surface area (TPSA) is 29.1 Å². The molecule has 21 heavy (non-hydrogen) atoms. The first-order valence-corrected chi connectivity index (χ1v) is 8.33. The van der Waals surface area contributed by atoms with Gasteiger partial charge in [-0.1, -0.05) is 47.8 Å². The molecule has 0 aliphatic heterocycles. The number of amides is 1. The largest absolute Gasteiger partial charge is 0.351 e. The van der Waals surface area contributed by atoms with Gasteiger partial charge in [-0.25, -0.2) is 0 Å². The van der Waals surface area contributed by atoms with Gasteiger partial charge in [0.2, 0.25) is 0 Å². The van der Waals surface area contributed by atoms with E-state index < -0.39 is 0 Å². The van der Waals surface area contributed by atoms with E-state index in [1.54, 1.807) is 0 Å². The highest BCUT2D eigenvalue weighted by atomic mass is 79.9. The van der Waals surface area contributed by atoms with Crippen LogP contribution in [0.2, 0.25) is 0 Å². The van der Waals surface area contributed by atoms with E-state index in [-0.39, 0.29) is 11.3 Å². The summed E-state index contributed by atoms with van der Waals surface area (Å²) in [6, 6.07) is 12.0. The lowest BCUT2D eigenvalue weighted by atomic mass is 9.89. The third-order valence-electron chi connectivity index (χ3n) is 4.55. The molecule has 0 bridgehead atoms. The van der Waals surface area contributed by atoms with E-state index in [0.29, 0.717) is 0 Å². The van der Waals surface area contributed by atoms with Crippen LogP contribution in [0.3, 0.4) is 0 Å². The van der Waals surface area contributed by atoms with Gasteiger partial charge >= 0.3 is 0 Å². The van der Waals surface area contributed by atoms with Gasteiger partial charge in [-0.2, -0.15) is 0 Å². The summed E-state index contributed by atoms with van der Waals surface area (Å²) < 4.78 is 1.06. The molecule has 0 spiro atoms. The molecule has 1 aliphatic carbocycles. The molecule has 110 valence electrons. The van der Waals surface area contributed by atoms with Crippen molar-refractivity contribution in [1.29, 1.82) is 0 Å². The van der Waals surface area contributed by atoms with Crippen molar-refractivity contribution < 1.29 is 4.79 Å². The van der Waals surface area contributed by atoms with Crippen LogP contribution in [0, 0.1) is 5.41 Å². The van der Waals surface area contributed by atoms with E-state index in [1.807, 2.05) is 30.3 Å². The number of carbonyl (C=O) groups is 1. The van der Waals surface area contributed by atoms with Crippen molar-refractivity contribution in [3.8, 4) is 0 Å². The fourth-order valence-corrected chi connectivity index (χ4v) is 3.54. The Kier molecular flexibility index (Phi) is 4.03. The molecule has 1 N–H and O–H groups in total. The Balaban J connectivity index is 1.73. The number of nitrogens with one attached hydrogen (secondary N) is 1. The summed E-state index contributed by atoms with van der Waals surface area (Å²) in [5, 5.41) is 5.35. The fraction of sp³-hybridized carbons (Fsp3) is 0.389. The highest BCUT2D eigenvalue weighted by Gasteiger charge is 2.28. The molecule has 3 heteroatoms. The molecule has 0 unspecified atom stereocenters. The first kappa shape index (κ1) is 14.6. The van der Waals surface area contributed by atoms with Crippen LogP contribution in [0.5, 0.6) is 0 Å². The number of rotatable bonds is 3. The monoisotopic (exact) mass is 345 g/mol. The normalized spacial score (nSPS) is 17.0. The summed E-state index contributed by atoms with van der Waals surface area (Å²) >= 11 is 3.47. The summed E-state index contributed by atoms with van der Waals surface area (Å²) in [6.07, 6.45) is 5.02. The first-order chi connectivity index (χ1) is 10.1. The fourth-order valence-electron chi connectivity index (χ4n) is 3.16. The Hall–Kier alpha value is -1.35. The van der Waals surface area contributed by atoms with Crippen LogP contribution < -0.4 is 5.32 Å². The van der Waals surface area contributed by atoms with Crippen LogP contribution in [-0.2, 0) is 0 Å². The quantitative estimate of drug-likeness (QED) is 0.840. The highest BCUT2D eigenvalue weighted by Crippen LogP contribution is 2.36. The van der Waals surface area contributed by atoms with E-state index in [9.17, 15) is 4.79 Å². The third-order valence-corrected chi connectivity index (χ3v) is 5.04. The number of benzene rings is 2. The van der Waals surface area contributed by atoms with Gasteiger partial charge in [0, 0.05) is 16.6 Å². The van der Waals surface area contributed by atoms with Crippen molar-refractivity contribution in [2.75, 3.05) is 6.54 Å². The summed E-state index contributed by atoms with van der Waals surface area (Å²) in [5.74, 6) is 0.0351. The molecule has 1 amide bonds. The number of hydrogen-bond acceptors (Lipinski definition) is 1. The second kappa shape index (κ2) is 5.80. The van der Waals surface area contributed by atoms with Gasteiger partial charge in [0.1, 0.15) is 0 Å². The number of hydrogen-bond donors (Lipinski definition) is 1. The molecule has 3 rings (SSSR count). The smallest absolute Gasteiger partial charge is 0.251 e. The second-order valence-electron chi connectivity index (χ2n) is 6.41. The number of fused-ring (bicyclic) bond motifs is 1. The van der Waals surface area contributed by atoms with Gasteiger partial charge in [0.25, 0.3) is 5.91 Å². The maximum absolute atomic E-state index is 12.3. The summed E-state index contributed by atoms with van der Waals surface area (Å²) in [4.78, 5) is 12.3. The van der Waals surface area contributed by atoms with Crippen molar-refractivity contribution in [1.82, 2.24) is 5.32 Å². The summed E-state index contributed by atoms with van der Waals surface area (Å²) in [5.41, 5.74) is 1.03. The standard InChI is InChI=1S/C18H20BrNO/c1-18(8-2-3-9-18)12-20-17(21)15-5-4-14-11-16(19)7-6-13(14)10-15/h4-7,10-11H,2-3,8-9,12H2,1H3,(H,20,21). The van der Waals surface area contributed by atoms with E-state index in [4.69, 9.17) is 0 Å². The van der Waals surface area contributed by atoms with Gasteiger partial charge in [-0.3, -0.25) is 4.79 Å². The molecule has 1 aliphatic rings. The lowest BCUT2D eigenvalue weighted by Gasteiger charge is -2.23. The summed E-state index contributed by atoms with van der Waals surface area (Å²) in [6.45, 7) is 3.06. The van der Waals surface area contributed by atoms with Crippen molar-refractivity contribution in [3.05, 3.63) is 46.4 Å². The van der Waals surface area contributed by atoms with Crippen LogP contribution in [0.4, 0.5) is 0 Å². The minimum Gasteiger partial charge on any atom is -0.351 e. The maximum Gasteiger partial charge on any atom is 0.251 e. The molecule has 1 saturated carbocycles. The lowest BCUT2D eigenvalue weighted by molar-refractivity contribution is 0.0934. The van der Waals surface area contributed by atoms with Crippen LogP contribution in [0.15, 0.2) is 40.9 Å². The van der Waals surface area contributed by atoms with E-state index in [1.165, 1.54) is 25.7 Å². The molecular weight excluding hydrogens is 326 g/mol. The van der Waals surface area contributed by atoms with Crippen molar-refractivity contribution in [2.24, 2.45) is 5.41 Å². The average Bonchev–Trinajstić information content (AvgIpc) is 2.91. The van der Waals surface area contributed by atoms with Crippen LogP contribution >= 0.6 is 15.9 Å². The molecule has 1 fully saturated rings. The van der Waals surface area contributed by atoms with Crippen molar-refractivity contribution in [3.63, 3.8) is 0 Å². The lowest BCUT2D eigenvalue weighted by Crippen LogP contribution is -2.34. The number of halogens is 1. The molecular formula is C18H20BrNO. The maximum atomic E-state index is 12.3. The molecule has 2 aromatic rings. The molecule has 0 aromatic heterocycles. The Labute approximate surface area is 134 Å². The van der Waals surface area contributed by atoms with Gasteiger partial charge in [0.15, 0.2) is 0 Å². The molecule has 0 atom stereocenters. The predicted octanol–water partition coefficient (Wildman–Crippen LogP) is 4.91.